The zero-order valence-electron chi connectivity index (χ0n) is 16.7. The van der Waals surface area contributed by atoms with E-state index in [4.69, 9.17) is 4.74 Å². The van der Waals surface area contributed by atoms with Crippen molar-refractivity contribution < 1.29 is 17.9 Å². The standard InChI is InChI=1S/C20H31F3N4O/c1-17(20(21,22)23)26-11-13-27(14-12-26)19(24-2)25-10-6-15-28-16-9-18-7-4-3-5-8-18/h3-5,7-8,17H,6,9-16H2,1-2H3,(H,24,25). The Bertz CT molecular complexity index is 587. The number of nitrogens with zero attached hydrogens (tertiary/aromatic N) is 3. The Morgan fingerprint density at radius 3 is 2.43 bits per heavy atom. The van der Waals surface area contributed by atoms with Crippen LogP contribution < -0.4 is 5.32 Å². The van der Waals surface area contributed by atoms with Crippen LogP contribution in [0.25, 0.3) is 0 Å². The average Bonchev–Trinajstić information content (AvgIpc) is 2.70. The van der Waals surface area contributed by atoms with Crippen molar-refractivity contribution in [2.24, 2.45) is 4.99 Å². The van der Waals surface area contributed by atoms with Crippen LogP contribution in [0.4, 0.5) is 13.2 Å². The number of nitrogens with one attached hydrogen (secondary N) is 1. The highest BCUT2D eigenvalue weighted by Crippen LogP contribution is 2.25. The summed E-state index contributed by atoms with van der Waals surface area (Å²) < 4.78 is 44.2. The lowest BCUT2D eigenvalue weighted by molar-refractivity contribution is -0.181. The molecule has 1 aliphatic heterocycles. The minimum atomic E-state index is -4.18. The van der Waals surface area contributed by atoms with Crippen LogP contribution in [0, 0.1) is 0 Å². The second-order valence-electron chi connectivity index (χ2n) is 6.92. The molecule has 0 aromatic heterocycles. The number of ether oxygens (including phenoxy) is 1. The minimum absolute atomic E-state index is 0.379. The van der Waals surface area contributed by atoms with Crippen molar-refractivity contribution in [3.8, 4) is 0 Å². The van der Waals surface area contributed by atoms with Crippen molar-refractivity contribution in [3.63, 3.8) is 0 Å². The van der Waals surface area contributed by atoms with Crippen LogP contribution in [0.2, 0.25) is 0 Å². The Morgan fingerprint density at radius 1 is 1.14 bits per heavy atom. The molecule has 0 bridgehead atoms. The average molecular weight is 400 g/mol. The highest BCUT2D eigenvalue weighted by Gasteiger charge is 2.41. The van der Waals surface area contributed by atoms with Crippen molar-refractivity contribution in [1.29, 1.82) is 0 Å². The molecule has 28 heavy (non-hydrogen) atoms. The summed E-state index contributed by atoms with van der Waals surface area (Å²) in [7, 11) is 1.70. The summed E-state index contributed by atoms with van der Waals surface area (Å²) in [6.45, 7) is 5.12. The Kier molecular flexibility index (Phi) is 9.05. The third-order valence-corrected chi connectivity index (χ3v) is 4.97. The zero-order valence-corrected chi connectivity index (χ0v) is 16.7. The van der Waals surface area contributed by atoms with E-state index in [0.29, 0.717) is 39.4 Å². The van der Waals surface area contributed by atoms with Crippen LogP contribution in [-0.2, 0) is 11.2 Å². The Balaban J connectivity index is 1.59. The molecule has 0 radical (unpaired) electrons. The predicted molar refractivity (Wildman–Crippen MR) is 106 cm³/mol. The number of rotatable bonds is 8. The Labute approximate surface area is 165 Å². The van der Waals surface area contributed by atoms with E-state index < -0.39 is 12.2 Å². The third kappa shape index (κ3) is 7.31. The first-order valence-corrected chi connectivity index (χ1v) is 9.80. The van der Waals surface area contributed by atoms with Gasteiger partial charge in [-0.3, -0.25) is 9.89 Å². The molecule has 1 aromatic carbocycles. The molecular formula is C20H31F3N4O. The molecule has 1 atom stereocenters. The minimum Gasteiger partial charge on any atom is -0.381 e. The van der Waals surface area contributed by atoms with Crippen molar-refractivity contribution in [2.75, 3.05) is 53.0 Å². The van der Waals surface area contributed by atoms with Gasteiger partial charge >= 0.3 is 6.18 Å². The number of hydrogen-bond donors (Lipinski definition) is 1. The lowest BCUT2D eigenvalue weighted by atomic mass is 10.2. The van der Waals surface area contributed by atoms with Crippen molar-refractivity contribution in [3.05, 3.63) is 35.9 Å². The normalized spacial score (nSPS) is 17.6. The van der Waals surface area contributed by atoms with E-state index in [-0.39, 0.29) is 0 Å². The third-order valence-electron chi connectivity index (χ3n) is 4.97. The van der Waals surface area contributed by atoms with E-state index in [1.807, 2.05) is 23.1 Å². The maximum Gasteiger partial charge on any atom is 0.403 e. The lowest BCUT2D eigenvalue weighted by Gasteiger charge is -2.39. The summed E-state index contributed by atoms with van der Waals surface area (Å²) >= 11 is 0. The molecule has 0 saturated carbocycles. The number of aliphatic imine (C=N–C) groups is 1. The Morgan fingerprint density at radius 2 is 1.82 bits per heavy atom. The fourth-order valence-electron chi connectivity index (χ4n) is 3.17. The first kappa shape index (κ1) is 22.5. The molecule has 8 heteroatoms. The molecule has 0 spiro atoms. The van der Waals surface area contributed by atoms with Gasteiger partial charge in [0.15, 0.2) is 5.96 Å². The molecule has 1 heterocycles. The van der Waals surface area contributed by atoms with E-state index in [9.17, 15) is 13.2 Å². The fourth-order valence-corrected chi connectivity index (χ4v) is 3.17. The fraction of sp³-hybridized carbons (Fsp3) is 0.650. The van der Waals surface area contributed by atoms with Crippen molar-refractivity contribution in [2.45, 2.75) is 32.0 Å². The van der Waals surface area contributed by atoms with Crippen LogP contribution in [0.5, 0.6) is 0 Å². The van der Waals surface area contributed by atoms with Gasteiger partial charge in [0.05, 0.1) is 6.61 Å². The van der Waals surface area contributed by atoms with E-state index >= 15 is 0 Å². The molecule has 0 amide bonds. The van der Waals surface area contributed by atoms with Gasteiger partial charge < -0.3 is 15.0 Å². The number of alkyl halides is 3. The van der Waals surface area contributed by atoms with E-state index in [2.05, 4.69) is 22.4 Å². The van der Waals surface area contributed by atoms with Crippen molar-refractivity contribution >= 4 is 5.96 Å². The van der Waals surface area contributed by atoms with Crippen LogP contribution in [0.3, 0.4) is 0 Å². The molecule has 158 valence electrons. The number of piperazine rings is 1. The molecule has 1 aromatic rings. The summed E-state index contributed by atoms with van der Waals surface area (Å²) in [5, 5.41) is 3.28. The van der Waals surface area contributed by atoms with Gasteiger partial charge in [-0.25, -0.2) is 0 Å². The molecule has 1 saturated heterocycles. The van der Waals surface area contributed by atoms with E-state index in [1.54, 1.807) is 7.05 Å². The Hall–Kier alpha value is -1.80. The smallest absolute Gasteiger partial charge is 0.381 e. The molecule has 1 fully saturated rings. The summed E-state index contributed by atoms with van der Waals surface area (Å²) in [6.07, 6.45) is -2.43. The summed E-state index contributed by atoms with van der Waals surface area (Å²) in [5.41, 5.74) is 1.26. The highest BCUT2D eigenvalue weighted by molar-refractivity contribution is 5.79. The molecule has 2 rings (SSSR count). The van der Waals surface area contributed by atoms with Gasteiger partial charge in [-0.05, 0) is 25.3 Å². The lowest BCUT2D eigenvalue weighted by Crippen LogP contribution is -2.56. The summed E-state index contributed by atoms with van der Waals surface area (Å²) in [6, 6.07) is 8.81. The van der Waals surface area contributed by atoms with Crippen LogP contribution in [0.15, 0.2) is 35.3 Å². The van der Waals surface area contributed by atoms with Gasteiger partial charge in [-0.15, -0.1) is 0 Å². The van der Waals surface area contributed by atoms with Crippen LogP contribution >= 0.6 is 0 Å². The summed E-state index contributed by atoms with van der Waals surface area (Å²) in [5.74, 6) is 0.739. The zero-order chi connectivity index (χ0) is 20.4. The van der Waals surface area contributed by atoms with Crippen LogP contribution in [-0.4, -0.2) is 81.0 Å². The molecule has 1 aliphatic rings. The van der Waals surface area contributed by atoms with Gasteiger partial charge in [0.1, 0.15) is 6.04 Å². The van der Waals surface area contributed by atoms with Gasteiger partial charge in [-0.2, -0.15) is 13.2 Å². The first-order valence-electron chi connectivity index (χ1n) is 9.80. The second-order valence-corrected chi connectivity index (χ2v) is 6.92. The van der Waals surface area contributed by atoms with Gasteiger partial charge in [0.2, 0.25) is 0 Å². The number of benzene rings is 1. The van der Waals surface area contributed by atoms with E-state index in [0.717, 1.165) is 25.3 Å². The molecule has 1 unspecified atom stereocenters. The number of guanidine groups is 1. The van der Waals surface area contributed by atoms with Gasteiger partial charge in [-0.1, -0.05) is 30.3 Å². The maximum absolute atomic E-state index is 12.8. The highest BCUT2D eigenvalue weighted by atomic mass is 19.4. The van der Waals surface area contributed by atoms with Crippen LogP contribution in [0.1, 0.15) is 18.9 Å². The summed E-state index contributed by atoms with van der Waals surface area (Å²) in [4.78, 5) is 7.74. The largest absolute Gasteiger partial charge is 0.403 e. The van der Waals surface area contributed by atoms with Gasteiger partial charge in [0.25, 0.3) is 0 Å². The topological polar surface area (TPSA) is 40.1 Å². The van der Waals surface area contributed by atoms with E-state index in [1.165, 1.54) is 17.4 Å². The van der Waals surface area contributed by atoms with Crippen molar-refractivity contribution in [1.82, 2.24) is 15.1 Å². The number of halogens is 3. The predicted octanol–water partition coefficient (Wildman–Crippen LogP) is 2.78. The molecule has 5 nitrogen and oxygen atoms in total. The second kappa shape index (κ2) is 11.3. The molecule has 1 N–H and O–H groups in total. The molecular weight excluding hydrogens is 369 g/mol. The monoisotopic (exact) mass is 400 g/mol. The number of hydrogen-bond acceptors (Lipinski definition) is 3. The maximum atomic E-state index is 12.8. The first-order chi connectivity index (χ1) is 13.4. The molecule has 0 aliphatic carbocycles. The SMILES string of the molecule is CN=C(NCCCOCCc1ccccc1)N1CCN(C(C)C(F)(F)F)CC1. The quantitative estimate of drug-likeness (QED) is 0.414. The van der Waals surface area contributed by atoms with Gasteiger partial charge in [0, 0.05) is 46.4 Å².